The van der Waals surface area contributed by atoms with Gasteiger partial charge in [-0.15, -0.1) is 0 Å². The summed E-state index contributed by atoms with van der Waals surface area (Å²) in [5.41, 5.74) is 5.02. The van der Waals surface area contributed by atoms with Crippen molar-refractivity contribution in [2.45, 2.75) is 57.2 Å². The van der Waals surface area contributed by atoms with Gasteiger partial charge in [0, 0.05) is 6.54 Å². The highest BCUT2D eigenvalue weighted by molar-refractivity contribution is 4.87. The first-order valence-electron chi connectivity index (χ1n) is 5.54. The Morgan fingerprint density at radius 1 is 1.36 bits per heavy atom. The number of rotatable bonds is 5. The molecule has 0 atom stereocenters. The lowest BCUT2D eigenvalue weighted by molar-refractivity contribution is -0.0575. The van der Waals surface area contributed by atoms with Gasteiger partial charge in [-0.3, -0.25) is 0 Å². The molecule has 1 saturated carbocycles. The average molecular weight is 201 g/mol. The molecule has 0 radical (unpaired) electrons. The van der Waals surface area contributed by atoms with Crippen LogP contribution in [0.2, 0.25) is 0 Å². The van der Waals surface area contributed by atoms with E-state index in [2.05, 4.69) is 0 Å². The van der Waals surface area contributed by atoms with Crippen molar-refractivity contribution in [2.75, 3.05) is 13.2 Å². The molecular weight excluding hydrogens is 178 g/mol. The minimum atomic E-state index is -0.631. The Morgan fingerprint density at radius 2 is 1.93 bits per heavy atom. The fourth-order valence-electron chi connectivity index (χ4n) is 1.94. The fraction of sp³-hybridized carbons (Fsp3) is 1.00. The molecule has 0 aromatic rings. The Hall–Kier alpha value is -0.120. The standard InChI is InChI=1S/C11H23NO2/c1-10(2,13)7-8-14-11(9-12)5-3-4-6-11/h13H,3-9,12H2,1-2H3. The van der Waals surface area contributed by atoms with E-state index >= 15 is 0 Å². The second-order valence-electron chi connectivity index (χ2n) is 5.01. The Labute approximate surface area is 86.6 Å². The van der Waals surface area contributed by atoms with Crippen LogP contribution in [0, 0.1) is 0 Å². The fourth-order valence-corrected chi connectivity index (χ4v) is 1.94. The van der Waals surface area contributed by atoms with Gasteiger partial charge in [-0.05, 0) is 33.1 Å². The van der Waals surface area contributed by atoms with Gasteiger partial charge in [0.25, 0.3) is 0 Å². The first-order chi connectivity index (χ1) is 6.47. The lowest BCUT2D eigenvalue weighted by Crippen LogP contribution is -2.39. The third kappa shape index (κ3) is 3.56. The normalized spacial score (nSPS) is 21.4. The van der Waals surface area contributed by atoms with Crippen LogP contribution in [-0.2, 0) is 4.74 Å². The van der Waals surface area contributed by atoms with E-state index in [0.29, 0.717) is 19.6 Å². The van der Waals surface area contributed by atoms with Crippen LogP contribution in [0.1, 0.15) is 46.0 Å². The first-order valence-corrected chi connectivity index (χ1v) is 5.54. The zero-order valence-corrected chi connectivity index (χ0v) is 9.38. The molecule has 1 fully saturated rings. The summed E-state index contributed by atoms with van der Waals surface area (Å²) in [5, 5.41) is 9.54. The van der Waals surface area contributed by atoms with Crippen LogP contribution in [-0.4, -0.2) is 29.5 Å². The maximum absolute atomic E-state index is 9.54. The number of hydrogen-bond acceptors (Lipinski definition) is 3. The molecule has 0 bridgehead atoms. The van der Waals surface area contributed by atoms with E-state index in [1.165, 1.54) is 12.8 Å². The van der Waals surface area contributed by atoms with Gasteiger partial charge in [0.1, 0.15) is 0 Å². The molecule has 0 heterocycles. The molecule has 0 saturated heterocycles. The Kier molecular flexibility index (Phi) is 3.93. The topological polar surface area (TPSA) is 55.5 Å². The molecule has 0 aliphatic heterocycles. The highest BCUT2D eigenvalue weighted by atomic mass is 16.5. The maximum Gasteiger partial charge on any atom is 0.0804 e. The van der Waals surface area contributed by atoms with Crippen molar-refractivity contribution in [3.63, 3.8) is 0 Å². The number of aliphatic hydroxyl groups is 1. The van der Waals surface area contributed by atoms with E-state index in [4.69, 9.17) is 10.5 Å². The van der Waals surface area contributed by atoms with Gasteiger partial charge in [-0.1, -0.05) is 12.8 Å². The lowest BCUT2D eigenvalue weighted by atomic mass is 10.0. The highest BCUT2D eigenvalue weighted by Gasteiger charge is 2.33. The molecular formula is C11H23NO2. The third-order valence-corrected chi connectivity index (χ3v) is 3.01. The smallest absolute Gasteiger partial charge is 0.0804 e. The molecule has 3 nitrogen and oxygen atoms in total. The van der Waals surface area contributed by atoms with Gasteiger partial charge < -0.3 is 15.6 Å². The van der Waals surface area contributed by atoms with E-state index in [0.717, 1.165) is 12.8 Å². The first kappa shape index (κ1) is 12.0. The van der Waals surface area contributed by atoms with Gasteiger partial charge in [0.2, 0.25) is 0 Å². The summed E-state index contributed by atoms with van der Waals surface area (Å²) in [5.74, 6) is 0. The minimum absolute atomic E-state index is 0.0781. The zero-order valence-electron chi connectivity index (χ0n) is 9.38. The minimum Gasteiger partial charge on any atom is -0.390 e. The quantitative estimate of drug-likeness (QED) is 0.707. The summed E-state index contributed by atoms with van der Waals surface area (Å²) < 4.78 is 5.83. The van der Waals surface area contributed by atoms with Crippen molar-refractivity contribution in [1.82, 2.24) is 0 Å². The highest BCUT2D eigenvalue weighted by Crippen LogP contribution is 2.32. The summed E-state index contributed by atoms with van der Waals surface area (Å²) in [4.78, 5) is 0. The molecule has 0 unspecified atom stereocenters. The predicted octanol–water partition coefficient (Wildman–Crippen LogP) is 1.44. The van der Waals surface area contributed by atoms with Crippen LogP contribution in [0.4, 0.5) is 0 Å². The number of ether oxygens (including phenoxy) is 1. The van der Waals surface area contributed by atoms with Crippen molar-refractivity contribution in [1.29, 1.82) is 0 Å². The van der Waals surface area contributed by atoms with Crippen molar-refractivity contribution in [2.24, 2.45) is 5.73 Å². The third-order valence-electron chi connectivity index (χ3n) is 3.01. The van der Waals surface area contributed by atoms with Crippen molar-refractivity contribution in [3.05, 3.63) is 0 Å². The zero-order chi connectivity index (χ0) is 10.7. The van der Waals surface area contributed by atoms with Crippen LogP contribution in [0.3, 0.4) is 0 Å². The summed E-state index contributed by atoms with van der Waals surface area (Å²) in [7, 11) is 0. The van der Waals surface area contributed by atoms with E-state index in [9.17, 15) is 5.11 Å². The molecule has 84 valence electrons. The second kappa shape index (κ2) is 4.60. The molecule has 3 heteroatoms. The van der Waals surface area contributed by atoms with Gasteiger partial charge in [-0.25, -0.2) is 0 Å². The summed E-state index contributed by atoms with van der Waals surface area (Å²) in [6.07, 6.45) is 5.28. The summed E-state index contributed by atoms with van der Waals surface area (Å²) >= 11 is 0. The van der Waals surface area contributed by atoms with Gasteiger partial charge in [0.05, 0.1) is 17.8 Å². The van der Waals surface area contributed by atoms with Crippen molar-refractivity contribution in [3.8, 4) is 0 Å². The monoisotopic (exact) mass is 201 g/mol. The molecule has 1 aliphatic rings. The molecule has 0 amide bonds. The Morgan fingerprint density at radius 3 is 2.36 bits per heavy atom. The van der Waals surface area contributed by atoms with Crippen molar-refractivity contribution < 1.29 is 9.84 Å². The van der Waals surface area contributed by atoms with E-state index in [1.54, 1.807) is 13.8 Å². The Bertz CT molecular complexity index is 169. The summed E-state index contributed by atoms with van der Waals surface area (Å²) in [6, 6.07) is 0. The SMILES string of the molecule is CC(C)(O)CCOC1(CN)CCCC1. The second-order valence-corrected chi connectivity index (χ2v) is 5.01. The van der Waals surface area contributed by atoms with E-state index in [1.807, 2.05) is 0 Å². The average Bonchev–Trinajstić information content (AvgIpc) is 2.52. The largest absolute Gasteiger partial charge is 0.390 e. The molecule has 3 N–H and O–H groups in total. The van der Waals surface area contributed by atoms with Crippen LogP contribution >= 0.6 is 0 Å². The number of nitrogens with two attached hydrogens (primary N) is 1. The Balaban J connectivity index is 2.28. The van der Waals surface area contributed by atoms with Gasteiger partial charge in [-0.2, -0.15) is 0 Å². The molecule has 1 aliphatic carbocycles. The van der Waals surface area contributed by atoms with Crippen LogP contribution < -0.4 is 5.73 Å². The number of hydrogen-bond donors (Lipinski definition) is 2. The summed E-state index contributed by atoms with van der Waals surface area (Å²) in [6.45, 7) is 4.83. The van der Waals surface area contributed by atoms with E-state index < -0.39 is 5.60 Å². The van der Waals surface area contributed by atoms with E-state index in [-0.39, 0.29) is 5.60 Å². The molecule has 14 heavy (non-hydrogen) atoms. The van der Waals surface area contributed by atoms with Crippen LogP contribution in [0.25, 0.3) is 0 Å². The molecule has 0 spiro atoms. The molecule has 1 rings (SSSR count). The van der Waals surface area contributed by atoms with Gasteiger partial charge >= 0.3 is 0 Å². The predicted molar refractivity (Wildman–Crippen MR) is 57.1 cm³/mol. The van der Waals surface area contributed by atoms with Crippen molar-refractivity contribution >= 4 is 0 Å². The van der Waals surface area contributed by atoms with Crippen LogP contribution in [0.5, 0.6) is 0 Å². The maximum atomic E-state index is 9.54. The van der Waals surface area contributed by atoms with Crippen LogP contribution in [0.15, 0.2) is 0 Å². The van der Waals surface area contributed by atoms with Gasteiger partial charge in [0.15, 0.2) is 0 Å². The molecule has 0 aromatic carbocycles. The lowest BCUT2D eigenvalue weighted by Gasteiger charge is -2.29. The molecule has 0 aromatic heterocycles.